The maximum Gasteiger partial charge on any atom is 0.295 e. The van der Waals surface area contributed by atoms with Crippen LogP contribution in [-0.4, -0.2) is 41.8 Å². The lowest BCUT2D eigenvalue weighted by molar-refractivity contribution is -0.141. The Kier molecular flexibility index (Phi) is 5.86. The molecule has 31 heavy (non-hydrogen) atoms. The summed E-state index contributed by atoms with van der Waals surface area (Å²) in [6.45, 7) is 2.07. The molecule has 1 N–H and O–H groups in total. The van der Waals surface area contributed by atoms with Crippen molar-refractivity contribution in [2.45, 2.75) is 51.1 Å². The Hall–Kier alpha value is -3.08. The molecule has 5 nitrogen and oxygen atoms in total. The number of ketones is 1. The zero-order valence-electron chi connectivity index (χ0n) is 18.5. The Morgan fingerprint density at radius 1 is 1.00 bits per heavy atom. The Morgan fingerprint density at radius 2 is 1.61 bits per heavy atom. The Balaban J connectivity index is 1.84. The highest BCUT2D eigenvalue weighted by Gasteiger charge is 2.49. The van der Waals surface area contributed by atoms with Crippen molar-refractivity contribution in [1.82, 2.24) is 4.90 Å². The number of amides is 1. The van der Waals surface area contributed by atoms with Crippen LogP contribution in [0.2, 0.25) is 0 Å². The summed E-state index contributed by atoms with van der Waals surface area (Å²) in [6.07, 6.45) is 4.79. The molecule has 2 fully saturated rings. The van der Waals surface area contributed by atoms with Crippen molar-refractivity contribution in [2.24, 2.45) is 0 Å². The molecular formula is C26H30N2O3. The third-order valence-corrected chi connectivity index (χ3v) is 6.56. The predicted octanol–water partition coefficient (Wildman–Crippen LogP) is 4.68. The monoisotopic (exact) mass is 418 g/mol. The highest BCUT2D eigenvalue weighted by Crippen LogP contribution is 2.43. The normalized spacial score (nSPS) is 21.1. The highest BCUT2D eigenvalue weighted by molar-refractivity contribution is 6.46. The van der Waals surface area contributed by atoms with Crippen molar-refractivity contribution >= 4 is 23.1 Å². The van der Waals surface area contributed by atoms with Gasteiger partial charge in [-0.2, -0.15) is 0 Å². The number of likely N-dealkylation sites (tertiary alicyclic amines) is 1. The standard InChI is InChI=1S/C26H30N2O3/c1-4-17-9-11-19(12-10-17)24(29)22-23(18-13-15-20(16-14-18)27(2)3)28(26(31)25(22)30)21-7-5-6-8-21/h9-16,21,23,29H,4-8H2,1-3H3/b24-22-. The van der Waals surface area contributed by atoms with Crippen LogP contribution in [0.15, 0.2) is 54.1 Å². The van der Waals surface area contributed by atoms with E-state index >= 15 is 0 Å². The van der Waals surface area contributed by atoms with Crippen LogP contribution >= 0.6 is 0 Å². The molecule has 5 heteroatoms. The molecule has 1 unspecified atom stereocenters. The van der Waals surface area contributed by atoms with Gasteiger partial charge >= 0.3 is 0 Å². The third kappa shape index (κ3) is 3.85. The predicted molar refractivity (Wildman–Crippen MR) is 123 cm³/mol. The second-order valence-electron chi connectivity index (χ2n) is 8.68. The molecule has 1 saturated carbocycles. The molecule has 4 rings (SSSR count). The fraction of sp³-hybridized carbons (Fsp3) is 0.385. The average Bonchev–Trinajstić information content (AvgIpc) is 3.40. The van der Waals surface area contributed by atoms with Crippen LogP contribution in [0.3, 0.4) is 0 Å². The van der Waals surface area contributed by atoms with E-state index in [0.717, 1.165) is 48.9 Å². The van der Waals surface area contributed by atoms with Crippen molar-refractivity contribution in [2.75, 3.05) is 19.0 Å². The van der Waals surface area contributed by atoms with Gasteiger partial charge in [-0.3, -0.25) is 9.59 Å². The van der Waals surface area contributed by atoms with E-state index in [9.17, 15) is 14.7 Å². The van der Waals surface area contributed by atoms with Crippen LogP contribution in [0, 0.1) is 0 Å². The molecule has 0 spiro atoms. The molecule has 0 aromatic heterocycles. The molecular weight excluding hydrogens is 388 g/mol. The van der Waals surface area contributed by atoms with Gasteiger partial charge in [0.05, 0.1) is 11.6 Å². The number of nitrogens with zero attached hydrogens (tertiary/aromatic N) is 2. The van der Waals surface area contributed by atoms with Crippen LogP contribution in [0.5, 0.6) is 0 Å². The maximum absolute atomic E-state index is 13.2. The third-order valence-electron chi connectivity index (χ3n) is 6.56. The Morgan fingerprint density at radius 3 is 2.16 bits per heavy atom. The molecule has 0 radical (unpaired) electrons. The first-order valence-corrected chi connectivity index (χ1v) is 11.1. The molecule has 162 valence electrons. The van der Waals surface area contributed by atoms with Crippen LogP contribution in [0.25, 0.3) is 5.76 Å². The van der Waals surface area contributed by atoms with Gasteiger partial charge < -0.3 is 14.9 Å². The van der Waals surface area contributed by atoms with Crippen molar-refractivity contribution in [3.05, 3.63) is 70.8 Å². The van der Waals surface area contributed by atoms with E-state index < -0.39 is 17.7 Å². The van der Waals surface area contributed by atoms with Gasteiger partial charge in [0.1, 0.15) is 5.76 Å². The molecule has 2 aliphatic rings. The van der Waals surface area contributed by atoms with Gasteiger partial charge in [-0.05, 0) is 42.5 Å². The minimum atomic E-state index is -0.592. The number of rotatable bonds is 5. The van der Waals surface area contributed by atoms with Crippen LogP contribution in [0.4, 0.5) is 5.69 Å². The van der Waals surface area contributed by atoms with Gasteiger partial charge in [-0.15, -0.1) is 0 Å². The van der Waals surface area contributed by atoms with E-state index in [1.165, 1.54) is 0 Å². The Bertz CT molecular complexity index is 1000. The lowest BCUT2D eigenvalue weighted by atomic mass is 9.94. The van der Waals surface area contributed by atoms with E-state index in [1.54, 1.807) is 4.90 Å². The molecule has 1 heterocycles. The van der Waals surface area contributed by atoms with Crippen molar-refractivity contribution in [3.63, 3.8) is 0 Å². The lowest BCUT2D eigenvalue weighted by Crippen LogP contribution is -2.37. The summed E-state index contributed by atoms with van der Waals surface area (Å²) >= 11 is 0. The first-order chi connectivity index (χ1) is 14.9. The smallest absolute Gasteiger partial charge is 0.295 e. The molecule has 1 atom stereocenters. The molecule has 2 aromatic rings. The van der Waals surface area contributed by atoms with Crippen LogP contribution in [0.1, 0.15) is 55.3 Å². The van der Waals surface area contributed by atoms with E-state index in [-0.39, 0.29) is 17.4 Å². The van der Waals surface area contributed by atoms with E-state index in [2.05, 4.69) is 6.92 Å². The summed E-state index contributed by atoms with van der Waals surface area (Å²) in [7, 11) is 3.94. The zero-order chi connectivity index (χ0) is 22.1. The van der Waals surface area contributed by atoms with Gasteiger partial charge in [0.2, 0.25) is 0 Å². The van der Waals surface area contributed by atoms with Gasteiger partial charge in [-0.1, -0.05) is 56.2 Å². The van der Waals surface area contributed by atoms with E-state index in [4.69, 9.17) is 0 Å². The van der Waals surface area contributed by atoms with Crippen molar-refractivity contribution in [1.29, 1.82) is 0 Å². The number of anilines is 1. The Labute approximate surface area is 184 Å². The molecule has 0 bridgehead atoms. The minimum absolute atomic E-state index is 0.0303. The minimum Gasteiger partial charge on any atom is -0.507 e. The molecule has 1 aliphatic carbocycles. The SMILES string of the molecule is CCc1ccc(/C(O)=C2/C(=O)C(=O)N(C3CCCC3)C2c2ccc(N(C)C)cc2)cc1. The number of carbonyl (C=O) groups is 2. The quantitative estimate of drug-likeness (QED) is 0.435. The molecule has 2 aromatic carbocycles. The number of benzene rings is 2. The molecule has 1 amide bonds. The highest BCUT2D eigenvalue weighted by atomic mass is 16.3. The van der Waals surface area contributed by atoms with Gasteiger partial charge in [0, 0.05) is 31.4 Å². The van der Waals surface area contributed by atoms with Gasteiger partial charge in [-0.25, -0.2) is 0 Å². The summed E-state index contributed by atoms with van der Waals surface area (Å²) in [6, 6.07) is 14.9. The van der Waals surface area contributed by atoms with Crippen molar-refractivity contribution < 1.29 is 14.7 Å². The lowest BCUT2D eigenvalue weighted by Gasteiger charge is -2.31. The fourth-order valence-electron chi connectivity index (χ4n) is 4.74. The van der Waals surface area contributed by atoms with E-state index in [0.29, 0.717) is 5.56 Å². The largest absolute Gasteiger partial charge is 0.507 e. The van der Waals surface area contributed by atoms with E-state index in [1.807, 2.05) is 67.5 Å². The maximum atomic E-state index is 13.2. The molecule has 1 aliphatic heterocycles. The zero-order valence-corrected chi connectivity index (χ0v) is 18.5. The number of aliphatic hydroxyl groups excluding tert-OH is 1. The molecule has 1 saturated heterocycles. The number of aliphatic hydroxyl groups is 1. The van der Waals surface area contributed by atoms with Gasteiger partial charge in [0.15, 0.2) is 0 Å². The summed E-state index contributed by atoms with van der Waals surface area (Å²) in [5.74, 6) is -1.19. The number of Topliss-reactive ketones (excluding diaryl/α,β-unsaturated/α-hetero) is 1. The number of aryl methyl sites for hydroxylation is 1. The summed E-state index contributed by atoms with van der Waals surface area (Å²) in [4.78, 5) is 30.0. The van der Waals surface area contributed by atoms with Crippen LogP contribution < -0.4 is 4.90 Å². The first-order valence-electron chi connectivity index (χ1n) is 11.1. The summed E-state index contributed by atoms with van der Waals surface area (Å²) in [5, 5.41) is 11.2. The summed E-state index contributed by atoms with van der Waals surface area (Å²) < 4.78 is 0. The van der Waals surface area contributed by atoms with Crippen LogP contribution in [-0.2, 0) is 16.0 Å². The second-order valence-corrected chi connectivity index (χ2v) is 8.68. The number of carbonyl (C=O) groups excluding carboxylic acids is 2. The van der Waals surface area contributed by atoms with Gasteiger partial charge in [0.25, 0.3) is 11.7 Å². The average molecular weight is 419 g/mol. The topological polar surface area (TPSA) is 60.9 Å². The first kappa shape index (κ1) is 21.2. The fourth-order valence-corrected chi connectivity index (χ4v) is 4.74. The second kappa shape index (κ2) is 8.58. The van der Waals surface area contributed by atoms with Crippen molar-refractivity contribution in [3.8, 4) is 0 Å². The summed E-state index contributed by atoms with van der Waals surface area (Å²) in [5.41, 5.74) is 3.80. The number of hydrogen-bond donors (Lipinski definition) is 1. The number of hydrogen-bond acceptors (Lipinski definition) is 4.